The average Bonchev–Trinajstić information content (AvgIpc) is 2.76. The molecule has 7 nitrogen and oxygen atoms in total. The van der Waals surface area contributed by atoms with E-state index in [-0.39, 0.29) is 16.9 Å². The van der Waals surface area contributed by atoms with Crippen LogP contribution in [0, 0.1) is 0 Å². The Bertz CT molecular complexity index is 913. The van der Waals surface area contributed by atoms with Crippen molar-refractivity contribution in [2.24, 2.45) is 0 Å². The molecule has 0 unspecified atom stereocenters. The Morgan fingerprint density at radius 2 is 1.80 bits per heavy atom. The van der Waals surface area contributed by atoms with Gasteiger partial charge in [0, 0.05) is 38.3 Å². The van der Waals surface area contributed by atoms with Gasteiger partial charge in [-0.3, -0.25) is 9.59 Å². The summed E-state index contributed by atoms with van der Waals surface area (Å²) in [4.78, 5) is 27.5. The molecule has 30 heavy (non-hydrogen) atoms. The van der Waals surface area contributed by atoms with Crippen LogP contribution in [0.25, 0.3) is 0 Å². The maximum Gasteiger partial charge on any atom is 0.436 e. The van der Waals surface area contributed by atoms with Gasteiger partial charge in [0.05, 0.1) is 11.3 Å². The van der Waals surface area contributed by atoms with Gasteiger partial charge < -0.3 is 15.5 Å². The molecule has 0 atom stereocenters. The van der Waals surface area contributed by atoms with E-state index in [1.165, 1.54) is 12.1 Å². The number of nitrogens with one attached hydrogen (secondary N) is 2. The fourth-order valence-corrected chi connectivity index (χ4v) is 3.25. The van der Waals surface area contributed by atoms with Crippen LogP contribution in [-0.4, -0.2) is 54.6 Å². The number of piperazine rings is 1. The third kappa shape index (κ3) is 4.59. The monoisotopic (exact) mass is 421 g/mol. The van der Waals surface area contributed by atoms with Crippen molar-refractivity contribution in [3.63, 3.8) is 0 Å². The lowest BCUT2D eigenvalue weighted by Crippen LogP contribution is -2.45. The van der Waals surface area contributed by atoms with E-state index in [9.17, 15) is 22.8 Å². The Kier molecular flexibility index (Phi) is 6.66. The number of carbonyl (C=O) groups is 2. The summed E-state index contributed by atoms with van der Waals surface area (Å²) >= 11 is 0. The van der Waals surface area contributed by atoms with Gasteiger partial charge >= 0.3 is 6.18 Å². The first-order valence-electron chi connectivity index (χ1n) is 9.66. The molecule has 10 heteroatoms. The molecule has 0 aliphatic carbocycles. The van der Waals surface area contributed by atoms with Crippen molar-refractivity contribution in [3.05, 3.63) is 52.8 Å². The number of amides is 1. The molecule has 1 aliphatic rings. The second-order valence-electron chi connectivity index (χ2n) is 6.81. The van der Waals surface area contributed by atoms with E-state index < -0.39 is 29.1 Å². The average molecular weight is 421 g/mol. The number of nitrogens with zero attached hydrogens (tertiary/aromatic N) is 3. The molecule has 0 spiro atoms. The van der Waals surface area contributed by atoms with Gasteiger partial charge in [0.1, 0.15) is 0 Å². The van der Waals surface area contributed by atoms with Gasteiger partial charge in [-0.15, -0.1) is 10.2 Å². The summed E-state index contributed by atoms with van der Waals surface area (Å²) in [5, 5.41) is 12.6. The van der Waals surface area contributed by atoms with Crippen molar-refractivity contribution in [1.29, 1.82) is 0 Å². The van der Waals surface area contributed by atoms with Gasteiger partial charge in [0.15, 0.2) is 17.2 Å². The maximum atomic E-state index is 13.8. The zero-order chi connectivity index (χ0) is 21.7. The summed E-state index contributed by atoms with van der Waals surface area (Å²) in [7, 11) is 0. The first-order valence-corrected chi connectivity index (χ1v) is 9.66. The molecule has 0 bridgehead atoms. The summed E-state index contributed by atoms with van der Waals surface area (Å²) < 4.78 is 41.5. The van der Waals surface area contributed by atoms with E-state index in [1.807, 2.05) is 6.92 Å². The van der Waals surface area contributed by atoms with Crippen molar-refractivity contribution in [1.82, 2.24) is 20.8 Å². The minimum Gasteiger partial charge on any atom is -0.366 e. The highest BCUT2D eigenvalue weighted by Crippen LogP contribution is 2.37. The number of halogens is 3. The highest BCUT2D eigenvalue weighted by atomic mass is 19.4. The molecule has 1 fully saturated rings. The summed E-state index contributed by atoms with van der Waals surface area (Å²) in [5.41, 5.74) is -2.37. The van der Waals surface area contributed by atoms with Crippen molar-refractivity contribution in [2.45, 2.75) is 19.5 Å². The Balaban J connectivity index is 2.25. The lowest BCUT2D eigenvalue weighted by Gasteiger charge is -2.32. The largest absolute Gasteiger partial charge is 0.436 e. The normalized spacial score (nSPS) is 14.5. The van der Waals surface area contributed by atoms with E-state index in [0.717, 1.165) is 0 Å². The molecular weight excluding hydrogens is 399 g/mol. The molecule has 0 saturated carbocycles. The van der Waals surface area contributed by atoms with Crippen molar-refractivity contribution in [3.8, 4) is 0 Å². The zero-order valence-corrected chi connectivity index (χ0v) is 16.4. The number of rotatable bonds is 6. The molecule has 0 radical (unpaired) electrons. The fraction of sp³-hybridized carbons (Fsp3) is 0.400. The lowest BCUT2D eigenvalue weighted by atomic mass is 9.97. The number of anilines is 1. The highest BCUT2D eigenvalue weighted by Gasteiger charge is 2.42. The molecule has 2 heterocycles. The number of hydrogen-bond acceptors (Lipinski definition) is 6. The second kappa shape index (κ2) is 9.21. The summed E-state index contributed by atoms with van der Waals surface area (Å²) in [6.45, 7) is 3.82. The third-order valence-corrected chi connectivity index (χ3v) is 4.66. The molecule has 2 N–H and O–H groups in total. The number of aromatic nitrogens is 2. The first-order chi connectivity index (χ1) is 14.3. The second-order valence-corrected chi connectivity index (χ2v) is 6.81. The lowest BCUT2D eigenvalue weighted by molar-refractivity contribution is -0.142. The quantitative estimate of drug-likeness (QED) is 0.696. The summed E-state index contributed by atoms with van der Waals surface area (Å²) in [6.07, 6.45) is -4.27. The van der Waals surface area contributed by atoms with Crippen LogP contribution in [-0.2, 0) is 6.18 Å². The fourth-order valence-electron chi connectivity index (χ4n) is 3.25. The van der Waals surface area contributed by atoms with Crippen molar-refractivity contribution in [2.75, 3.05) is 37.6 Å². The van der Waals surface area contributed by atoms with Crippen LogP contribution in [0.1, 0.15) is 45.4 Å². The van der Waals surface area contributed by atoms with Gasteiger partial charge in [-0.05, 0) is 6.42 Å². The van der Waals surface area contributed by atoms with Crippen LogP contribution < -0.4 is 15.5 Å². The number of hydrogen-bond donors (Lipinski definition) is 2. The van der Waals surface area contributed by atoms with Gasteiger partial charge in [-0.25, -0.2) is 0 Å². The first kappa shape index (κ1) is 21.7. The molecule has 1 aromatic carbocycles. The molecule has 1 saturated heterocycles. The Hall–Kier alpha value is -3.01. The van der Waals surface area contributed by atoms with E-state index in [0.29, 0.717) is 39.1 Å². The molecule has 1 aromatic heterocycles. The van der Waals surface area contributed by atoms with Gasteiger partial charge in [0.2, 0.25) is 0 Å². The predicted molar refractivity (Wildman–Crippen MR) is 105 cm³/mol. The van der Waals surface area contributed by atoms with Crippen LogP contribution >= 0.6 is 0 Å². The van der Waals surface area contributed by atoms with Crippen LogP contribution in [0.3, 0.4) is 0 Å². The van der Waals surface area contributed by atoms with Gasteiger partial charge in [0.25, 0.3) is 5.91 Å². The molecule has 160 valence electrons. The molecular formula is C20H22F3N5O2. The minimum absolute atomic E-state index is 0.0762. The van der Waals surface area contributed by atoms with E-state index in [2.05, 4.69) is 20.8 Å². The number of carbonyl (C=O) groups excluding carboxylic acids is 2. The topological polar surface area (TPSA) is 87.2 Å². The van der Waals surface area contributed by atoms with Gasteiger partial charge in [-0.2, -0.15) is 13.2 Å². The zero-order valence-electron chi connectivity index (χ0n) is 16.4. The van der Waals surface area contributed by atoms with Crippen LogP contribution in [0.15, 0.2) is 30.3 Å². The molecule has 2 aromatic rings. The summed E-state index contributed by atoms with van der Waals surface area (Å²) in [6, 6.07) is 7.65. The molecule has 1 amide bonds. The van der Waals surface area contributed by atoms with Crippen LogP contribution in [0.4, 0.5) is 18.9 Å². The van der Waals surface area contributed by atoms with E-state index >= 15 is 0 Å². The van der Waals surface area contributed by atoms with Crippen LogP contribution in [0.2, 0.25) is 0 Å². The Labute approximate surface area is 171 Å². The maximum absolute atomic E-state index is 13.8. The van der Waals surface area contributed by atoms with Crippen molar-refractivity contribution >= 4 is 17.4 Å². The van der Waals surface area contributed by atoms with E-state index in [4.69, 9.17) is 0 Å². The number of benzene rings is 1. The minimum atomic E-state index is -4.91. The standard InChI is InChI=1S/C20H22F3N5O2/c1-2-8-25-19(30)15-16(28-11-9-24-10-12-28)14(18(27-26-15)20(21,22)23)17(29)13-6-4-3-5-7-13/h3-7,24H,2,8-12H2,1H3,(H,25,30). The highest BCUT2D eigenvalue weighted by molar-refractivity contribution is 6.15. The molecule has 3 rings (SSSR count). The SMILES string of the molecule is CCCNC(=O)c1nnc(C(F)(F)F)c(C(=O)c2ccccc2)c1N1CCNCC1. The molecule has 1 aliphatic heterocycles. The predicted octanol–water partition coefficient (Wildman–Crippen LogP) is 2.28. The smallest absolute Gasteiger partial charge is 0.366 e. The van der Waals surface area contributed by atoms with Crippen molar-refractivity contribution < 1.29 is 22.8 Å². The summed E-state index contributed by atoms with van der Waals surface area (Å²) in [5.74, 6) is -1.51. The number of ketones is 1. The Morgan fingerprint density at radius 1 is 1.13 bits per heavy atom. The Morgan fingerprint density at radius 3 is 2.40 bits per heavy atom. The van der Waals surface area contributed by atoms with Gasteiger partial charge in [-0.1, -0.05) is 37.3 Å². The van der Waals surface area contributed by atoms with E-state index in [1.54, 1.807) is 23.1 Å². The third-order valence-electron chi connectivity index (χ3n) is 4.66. The van der Waals surface area contributed by atoms with Crippen LogP contribution in [0.5, 0.6) is 0 Å². The number of alkyl halides is 3.